The zero-order chi connectivity index (χ0) is 14.9. The van der Waals surface area contributed by atoms with Crippen molar-refractivity contribution in [1.29, 1.82) is 0 Å². The van der Waals surface area contributed by atoms with Gasteiger partial charge in [-0.2, -0.15) is 0 Å². The molecule has 0 aromatic heterocycles. The Morgan fingerprint density at radius 2 is 2.19 bits per heavy atom. The van der Waals surface area contributed by atoms with Crippen LogP contribution < -0.4 is 9.62 Å². The Balaban J connectivity index is 1.72. The molecule has 0 radical (unpaired) electrons. The van der Waals surface area contributed by atoms with Gasteiger partial charge in [0.25, 0.3) is 0 Å². The molecule has 7 heteroatoms. The molecule has 1 saturated heterocycles. The fourth-order valence-corrected chi connectivity index (χ4v) is 4.21. The summed E-state index contributed by atoms with van der Waals surface area (Å²) in [6.45, 7) is 2.98. The van der Waals surface area contributed by atoms with Gasteiger partial charge in [-0.05, 0) is 24.1 Å². The zero-order valence-corrected chi connectivity index (χ0v) is 12.9. The summed E-state index contributed by atoms with van der Waals surface area (Å²) in [6, 6.07) is 7.69. The van der Waals surface area contributed by atoms with Crippen molar-refractivity contribution >= 4 is 21.7 Å². The third-order valence-corrected chi connectivity index (χ3v) is 5.68. The summed E-state index contributed by atoms with van der Waals surface area (Å²) in [5.74, 6) is 1.14. The minimum atomic E-state index is -3.12. The van der Waals surface area contributed by atoms with Gasteiger partial charge in [0.05, 0.1) is 18.0 Å². The van der Waals surface area contributed by atoms with Crippen molar-refractivity contribution < 1.29 is 8.42 Å². The van der Waals surface area contributed by atoms with Crippen molar-refractivity contribution in [3.8, 4) is 0 Å². The Hall–Kier alpha value is -1.76. The zero-order valence-electron chi connectivity index (χ0n) is 12.1. The first-order chi connectivity index (χ1) is 10.1. The Bertz CT molecular complexity index is 657. The number of nitrogens with one attached hydrogen (secondary N) is 1. The highest BCUT2D eigenvalue weighted by atomic mass is 32.2. The molecule has 6 nitrogen and oxygen atoms in total. The minimum Gasteiger partial charge on any atom is -0.352 e. The lowest BCUT2D eigenvalue weighted by Crippen LogP contribution is -2.35. The molecule has 0 spiro atoms. The Morgan fingerprint density at radius 3 is 2.86 bits per heavy atom. The predicted octanol–water partition coefficient (Wildman–Crippen LogP) is 0.617. The van der Waals surface area contributed by atoms with Gasteiger partial charge >= 0.3 is 0 Å². The van der Waals surface area contributed by atoms with Gasteiger partial charge in [-0.1, -0.05) is 12.1 Å². The molecule has 2 aliphatic rings. The van der Waals surface area contributed by atoms with E-state index in [4.69, 9.17) is 0 Å². The summed E-state index contributed by atoms with van der Waals surface area (Å²) in [5, 5.41) is 3.29. The lowest BCUT2D eigenvalue weighted by molar-refractivity contribution is 0.534. The van der Waals surface area contributed by atoms with Crippen LogP contribution in [0.1, 0.15) is 12.0 Å². The molecule has 0 amide bonds. The van der Waals surface area contributed by atoms with Crippen LogP contribution in [0.4, 0.5) is 5.69 Å². The van der Waals surface area contributed by atoms with Gasteiger partial charge < -0.3 is 10.2 Å². The number of hydrogen-bond donors (Lipinski definition) is 1. The fourth-order valence-electron chi connectivity index (χ4n) is 2.66. The van der Waals surface area contributed by atoms with Gasteiger partial charge in [0.1, 0.15) is 0 Å². The summed E-state index contributed by atoms with van der Waals surface area (Å²) >= 11 is 0. The first-order valence-corrected chi connectivity index (χ1v) is 8.76. The molecule has 0 saturated carbocycles. The van der Waals surface area contributed by atoms with E-state index in [0.717, 1.165) is 30.3 Å². The SMILES string of the molecule is CN1CCN=C1NCc1cccc(N2CCCS2(=O)=O)c1. The first-order valence-electron chi connectivity index (χ1n) is 7.15. The number of likely N-dealkylation sites (N-methyl/N-ethyl adjacent to an activating group) is 1. The highest BCUT2D eigenvalue weighted by Gasteiger charge is 2.28. The molecule has 2 heterocycles. The average molecular weight is 308 g/mol. The highest BCUT2D eigenvalue weighted by molar-refractivity contribution is 7.93. The maximum absolute atomic E-state index is 12.0. The second-order valence-electron chi connectivity index (χ2n) is 5.39. The molecule has 0 aliphatic carbocycles. The minimum absolute atomic E-state index is 0.247. The Morgan fingerprint density at radius 1 is 1.33 bits per heavy atom. The van der Waals surface area contributed by atoms with Gasteiger partial charge in [0, 0.05) is 26.7 Å². The number of anilines is 1. The van der Waals surface area contributed by atoms with Crippen LogP contribution in [0.3, 0.4) is 0 Å². The first kappa shape index (κ1) is 14.2. The van der Waals surface area contributed by atoms with E-state index in [1.807, 2.05) is 31.3 Å². The average Bonchev–Trinajstić information content (AvgIpc) is 3.02. The van der Waals surface area contributed by atoms with E-state index in [0.29, 0.717) is 19.5 Å². The molecule has 1 fully saturated rings. The van der Waals surface area contributed by atoms with Crippen LogP contribution in [0.15, 0.2) is 29.3 Å². The Kier molecular flexibility index (Phi) is 3.75. The van der Waals surface area contributed by atoms with Crippen molar-refractivity contribution in [2.45, 2.75) is 13.0 Å². The molecule has 0 unspecified atom stereocenters. The van der Waals surface area contributed by atoms with E-state index in [1.165, 1.54) is 4.31 Å². The van der Waals surface area contributed by atoms with Crippen LogP contribution in [0.5, 0.6) is 0 Å². The monoisotopic (exact) mass is 308 g/mol. The van der Waals surface area contributed by atoms with Gasteiger partial charge in [0.2, 0.25) is 10.0 Å². The predicted molar refractivity (Wildman–Crippen MR) is 84.0 cm³/mol. The van der Waals surface area contributed by atoms with Gasteiger partial charge in [-0.25, -0.2) is 8.42 Å². The summed E-state index contributed by atoms with van der Waals surface area (Å²) in [4.78, 5) is 6.46. The summed E-state index contributed by atoms with van der Waals surface area (Å²) in [6.07, 6.45) is 0.701. The van der Waals surface area contributed by atoms with E-state index in [2.05, 4.69) is 15.2 Å². The number of sulfonamides is 1. The maximum Gasteiger partial charge on any atom is 0.235 e. The van der Waals surface area contributed by atoms with Crippen LogP contribution in [0, 0.1) is 0 Å². The van der Waals surface area contributed by atoms with Crippen LogP contribution >= 0.6 is 0 Å². The number of benzene rings is 1. The second-order valence-corrected chi connectivity index (χ2v) is 7.40. The van der Waals surface area contributed by atoms with Crippen molar-refractivity contribution in [3.05, 3.63) is 29.8 Å². The molecule has 2 aliphatic heterocycles. The van der Waals surface area contributed by atoms with E-state index < -0.39 is 10.0 Å². The van der Waals surface area contributed by atoms with Crippen molar-refractivity contribution in [1.82, 2.24) is 10.2 Å². The Labute approximate surface area is 125 Å². The highest BCUT2D eigenvalue weighted by Crippen LogP contribution is 2.24. The number of nitrogens with zero attached hydrogens (tertiary/aromatic N) is 3. The maximum atomic E-state index is 12.0. The molecule has 1 aromatic rings. The fraction of sp³-hybridized carbons (Fsp3) is 0.500. The van der Waals surface area contributed by atoms with Crippen LogP contribution in [0.2, 0.25) is 0 Å². The lowest BCUT2D eigenvalue weighted by atomic mass is 10.2. The molecular weight excluding hydrogens is 288 g/mol. The van der Waals surface area contributed by atoms with E-state index >= 15 is 0 Å². The van der Waals surface area contributed by atoms with E-state index in [-0.39, 0.29) is 5.75 Å². The van der Waals surface area contributed by atoms with Gasteiger partial charge in [0.15, 0.2) is 5.96 Å². The molecule has 1 aromatic carbocycles. The van der Waals surface area contributed by atoms with Crippen LogP contribution in [0.25, 0.3) is 0 Å². The summed E-state index contributed by atoms with van der Waals surface area (Å²) in [7, 11) is -1.11. The number of guanidine groups is 1. The molecular formula is C14H20N4O2S. The third-order valence-electron chi connectivity index (χ3n) is 3.81. The second kappa shape index (κ2) is 5.55. The van der Waals surface area contributed by atoms with Gasteiger partial charge in [-0.15, -0.1) is 0 Å². The summed E-state index contributed by atoms with van der Waals surface area (Å²) < 4.78 is 25.4. The lowest BCUT2D eigenvalue weighted by Gasteiger charge is -2.19. The summed E-state index contributed by atoms with van der Waals surface area (Å²) in [5.41, 5.74) is 1.81. The van der Waals surface area contributed by atoms with Crippen molar-refractivity contribution in [2.75, 3.05) is 36.7 Å². The molecule has 0 bridgehead atoms. The van der Waals surface area contributed by atoms with Crippen LogP contribution in [-0.4, -0.2) is 51.7 Å². The molecule has 21 heavy (non-hydrogen) atoms. The van der Waals surface area contributed by atoms with E-state index in [9.17, 15) is 8.42 Å². The molecule has 3 rings (SSSR count). The third kappa shape index (κ3) is 2.97. The quantitative estimate of drug-likeness (QED) is 0.889. The van der Waals surface area contributed by atoms with Gasteiger partial charge in [-0.3, -0.25) is 9.30 Å². The number of aliphatic imine (C=N–C) groups is 1. The normalized spacial score (nSPS) is 20.7. The van der Waals surface area contributed by atoms with Crippen molar-refractivity contribution in [3.63, 3.8) is 0 Å². The van der Waals surface area contributed by atoms with Crippen molar-refractivity contribution in [2.24, 2.45) is 4.99 Å². The standard InChI is InChI=1S/C14H20N4O2S/c1-17-8-6-15-14(17)16-11-12-4-2-5-13(10-12)18-7-3-9-21(18,19)20/h2,4-5,10H,3,6-9,11H2,1H3,(H,15,16). The van der Waals surface area contributed by atoms with E-state index in [1.54, 1.807) is 0 Å². The molecule has 114 valence electrons. The number of rotatable bonds is 3. The molecule has 1 N–H and O–H groups in total. The largest absolute Gasteiger partial charge is 0.352 e. The topological polar surface area (TPSA) is 65.0 Å². The van der Waals surface area contributed by atoms with Crippen LogP contribution in [-0.2, 0) is 16.6 Å². The smallest absolute Gasteiger partial charge is 0.235 e. The number of hydrogen-bond acceptors (Lipinski definition) is 5. The molecule has 0 atom stereocenters.